The van der Waals surface area contributed by atoms with Gasteiger partial charge in [-0.15, -0.1) is 0 Å². The summed E-state index contributed by atoms with van der Waals surface area (Å²) in [6, 6.07) is 13.4. The van der Waals surface area contributed by atoms with Crippen LogP contribution in [0, 0.1) is 0 Å². The Morgan fingerprint density at radius 1 is 1.08 bits per heavy atom. The van der Waals surface area contributed by atoms with Crippen molar-refractivity contribution >= 4 is 27.6 Å². The molecule has 2 aromatic rings. The zero-order valence-corrected chi connectivity index (χ0v) is 16.0. The highest BCUT2D eigenvalue weighted by atomic mass is 32.2. The van der Waals surface area contributed by atoms with Crippen LogP contribution in [-0.4, -0.2) is 26.4 Å². The first-order valence-electron chi connectivity index (χ1n) is 8.90. The van der Waals surface area contributed by atoms with Gasteiger partial charge in [-0.3, -0.25) is 0 Å². The molecule has 0 fully saturated rings. The third kappa shape index (κ3) is 3.81. The molecule has 3 rings (SSSR count). The van der Waals surface area contributed by atoms with E-state index in [1.54, 1.807) is 12.1 Å². The Hall–Kier alpha value is -2.17. The normalized spacial score (nSPS) is 15.2. The summed E-state index contributed by atoms with van der Waals surface area (Å²) in [6.07, 6.45) is 8.09. The Morgan fingerprint density at radius 2 is 1.85 bits per heavy atom. The van der Waals surface area contributed by atoms with Crippen LogP contribution in [0.3, 0.4) is 0 Å². The highest BCUT2D eigenvalue weighted by Gasteiger charge is 2.20. The summed E-state index contributed by atoms with van der Waals surface area (Å²) in [5.74, 6) is 0. The molecule has 1 N–H and O–H groups in total. The molecular weight excluding hydrogens is 344 g/mol. The van der Waals surface area contributed by atoms with Gasteiger partial charge >= 0.3 is 0 Å². The summed E-state index contributed by atoms with van der Waals surface area (Å²) >= 11 is 0. The lowest BCUT2D eigenvalue weighted by Crippen LogP contribution is -1.98. The standard InChI is InChI=1S/C22H24O3S/c1-3-6-18-13-19-14-20(26(2,24)25)9-10-21(19)22(18)15-17-8-5-4-7-16(17)11-12-23/h4-5,7-10,13-15,23H,3,6,11-12H2,1-2H3/b22-15-. The molecule has 0 bridgehead atoms. The Balaban J connectivity index is 2.12. The number of sulfone groups is 1. The maximum atomic E-state index is 11.9. The average molecular weight is 368 g/mol. The molecule has 0 unspecified atom stereocenters. The fourth-order valence-electron chi connectivity index (χ4n) is 3.40. The summed E-state index contributed by atoms with van der Waals surface area (Å²) in [4.78, 5) is 0.352. The van der Waals surface area contributed by atoms with E-state index in [0.717, 1.165) is 40.7 Å². The topological polar surface area (TPSA) is 54.4 Å². The minimum Gasteiger partial charge on any atom is -0.396 e. The lowest BCUT2D eigenvalue weighted by molar-refractivity contribution is 0.299. The van der Waals surface area contributed by atoms with E-state index in [0.29, 0.717) is 11.3 Å². The van der Waals surface area contributed by atoms with Gasteiger partial charge in [0.15, 0.2) is 9.84 Å². The predicted molar refractivity (Wildman–Crippen MR) is 108 cm³/mol. The van der Waals surface area contributed by atoms with E-state index in [2.05, 4.69) is 25.1 Å². The van der Waals surface area contributed by atoms with Crippen molar-refractivity contribution in [2.45, 2.75) is 31.1 Å². The maximum Gasteiger partial charge on any atom is 0.175 e. The smallest absolute Gasteiger partial charge is 0.175 e. The molecule has 1 aliphatic rings. The van der Waals surface area contributed by atoms with Crippen LogP contribution in [0.5, 0.6) is 0 Å². The van der Waals surface area contributed by atoms with Crippen LogP contribution in [0.1, 0.15) is 42.0 Å². The van der Waals surface area contributed by atoms with Crippen LogP contribution in [0.4, 0.5) is 0 Å². The van der Waals surface area contributed by atoms with Gasteiger partial charge in [0.1, 0.15) is 0 Å². The SMILES string of the molecule is CCCC1=Cc2cc(S(C)(=O)=O)ccc2/C1=C\c1ccccc1CCO. The first-order valence-corrected chi connectivity index (χ1v) is 10.8. The van der Waals surface area contributed by atoms with Crippen molar-refractivity contribution < 1.29 is 13.5 Å². The van der Waals surface area contributed by atoms with Gasteiger partial charge in [-0.2, -0.15) is 0 Å². The van der Waals surface area contributed by atoms with Crippen molar-refractivity contribution in [3.8, 4) is 0 Å². The molecule has 0 radical (unpaired) electrons. The zero-order valence-electron chi connectivity index (χ0n) is 15.2. The number of aliphatic hydroxyl groups excluding tert-OH is 1. The monoisotopic (exact) mass is 368 g/mol. The zero-order chi connectivity index (χ0) is 18.7. The second kappa shape index (κ2) is 7.60. The number of aliphatic hydroxyl groups is 1. The number of hydrogen-bond donors (Lipinski definition) is 1. The number of benzene rings is 2. The lowest BCUT2D eigenvalue weighted by Gasteiger charge is -2.10. The first kappa shape index (κ1) is 18.6. The fourth-order valence-corrected chi connectivity index (χ4v) is 4.06. The van der Waals surface area contributed by atoms with Gasteiger partial charge in [0.2, 0.25) is 0 Å². The van der Waals surface area contributed by atoms with Crippen LogP contribution in [0.2, 0.25) is 0 Å². The average Bonchev–Trinajstić information content (AvgIpc) is 2.93. The van der Waals surface area contributed by atoms with Crippen LogP contribution in [0.15, 0.2) is 52.9 Å². The molecule has 0 saturated heterocycles. The molecule has 0 amide bonds. The van der Waals surface area contributed by atoms with E-state index in [1.165, 1.54) is 11.8 Å². The largest absolute Gasteiger partial charge is 0.396 e. The van der Waals surface area contributed by atoms with E-state index < -0.39 is 9.84 Å². The van der Waals surface area contributed by atoms with Gasteiger partial charge in [0.05, 0.1) is 4.90 Å². The number of rotatable bonds is 6. The van der Waals surface area contributed by atoms with Crippen molar-refractivity contribution in [2.75, 3.05) is 12.9 Å². The Bertz CT molecular complexity index is 982. The molecule has 26 heavy (non-hydrogen) atoms. The van der Waals surface area contributed by atoms with Crippen LogP contribution < -0.4 is 0 Å². The molecule has 0 aliphatic heterocycles. The van der Waals surface area contributed by atoms with Crippen molar-refractivity contribution in [2.24, 2.45) is 0 Å². The lowest BCUT2D eigenvalue weighted by atomic mass is 9.95. The second-order valence-corrected chi connectivity index (χ2v) is 8.69. The molecule has 2 aromatic carbocycles. The Kier molecular flexibility index (Phi) is 5.44. The number of fused-ring (bicyclic) bond motifs is 1. The van der Waals surface area contributed by atoms with Gasteiger partial charge in [-0.25, -0.2) is 8.42 Å². The Morgan fingerprint density at radius 3 is 2.54 bits per heavy atom. The van der Waals surface area contributed by atoms with E-state index in [1.807, 2.05) is 24.3 Å². The van der Waals surface area contributed by atoms with Crippen molar-refractivity contribution in [3.63, 3.8) is 0 Å². The summed E-state index contributed by atoms with van der Waals surface area (Å²) in [5.41, 5.74) is 6.61. The highest BCUT2D eigenvalue weighted by molar-refractivity contribution is 7.90. The molecule has 4 heteroatoms. The molecule has 0 atom stereocenters. The van der Waals surface area contributed by atoms with Gasteiger partial charge in [-0.1, -0.05) is 49.8 Å². The molecule has 0 aromatic heterocycles. The van der Waals surface area contributed by atoms with E-state index in [4.69, 9.17) is 0 Å². The number of hydrogen-bond acceptors (Lipinski definition) is 3. The number of allylic oxidation sites excluding steroid dienone is 2. The van der Waals surface area contributed by atoms with Crippen molar-refractivity contribution in [1.29, 1.82) is 0 Å². The van der Waals surface area contributed by atoms with Crippen molar-refractivity contribution in [1.82, 2.24) is 0 Å². The summed E-state index contributed by atoms with van der Waals surface area (Å²) < 4.78 is 23.7. The predicted octanol–water partition coefficient (Wildman–Crippen LogP) is 4.36. The molecule has 0 saturated carbocycles. The minimum atomic E-state index is -3.22. The molecule has 0 heterocycles. The second-order valence-electron chi connectivity index (χ2n) is 6.67. The highest BCUT2D eigenvalue weighted by Crippen LogP contribution is 2.40. The first-order chi connectivity index (χ1) is 12.4. The Labute approximate surface area is 155 Å². The molecule has 0 spiro atoms. The van der Waals surface area contributed by atoms with Crippen molar-refractivity contribution in [3.05, 3.63) is 70.3 Å². The van der Waals surface area contributed by atoms with Gasteiger partial charge in [0.25, 0.3) is 0 Å². The third-order valence-corrected chi connectivity index (χ3v) is 5.78. The van der Waals surface area contributed by atoms with Gasteiger partial charge in [0, 0.05) is 12.9 Å². The summed E-state index contributed by atoms with van der Waals surface area (Å²) in [7, 11) is -3.22. The van der Waals surface area contributed by atoms with Crippen LogP contribution in [0.25, 0.3) is 17.7 Å². The van der Waals surface area contributed by atoms with Crippen LogP contribution >= 0.6 is 0 Å². The molecule has 1 aliphatic carbocycles. The van der Waals surface area contributed by atoms with E-state index in [9.17, 15) is 13.5 Å². The van der Waals surface area contributed by atoms with E-state index in [-0.39, 0.29) is 6.61 Å². The molecule has 3 nitrogen and oxygen atoms in total. The van der Waals surface area contributed by atoms with Gasteiger partial charge in [-0.05, 0) is 64.5 Å². The third-order valence-electron chi connectivity index (χ3n) is 4.67. The van der Waals surface area contributed by atoms with E-state index >= 15 is 0 Å². The molecular formula is C22H24O3S. The van der Waals surface area contributed by atoms with Crippen LogP contribution in [-0.2, 0) is 16.3 Å². The quantitative estimate of drug-likeness (QED) is 0.824. The minimum absolute atomic E-state index is 0.117. The van der Waals surface area contributed by atoms with Gasteiger partial charge < -0.3 is 5.11 Å². The summed E-state index contributed by atoms with van der Waals surface area (Å²) in [5, 5.41) is 9.32. The molecule has 136 valence electrons. The maximum absolute atomic E-state index is 11.9. The fraction of sp³-hybridized carbons (Fsp3) is 0.273. The summed E-state index contributed by atoms with van der Waals surface area (Å²) in [6.45, 7) is 2.26.